The van der Waals surface area contributed by atoms with E-state index in [2.05, 4.69) is 17.0 Å². The van der Waals surface area contributed by atoms with Crippen LogP contribution in [0.4, 0.5) is 5.69 Å². The van der Waals surface area contributed by atoms with E-state index in [1.165, 1.54) is 5.69 Å². The second-order valence-electron chi connectivity index (χ2n) is 4.14. The van der Waals surface area contributed by atoms with Crippen molar-refractivity contribution < 1.29 is 9.57 Å². The Morgan fingerprint density at radius 3 is 3.12 bits per heavy atom. The average Bonchev–Trinajstić information content (AvgIpc) is 2.78. The molecule has 0 saturated carbocycles. The van der Waals surface area contributed by atoms with Gasteiger partial charge in [-0.05, 0) is 18.6 Å². The minimum Gasteiger partial charge on any atom is -0.497 e. The smallest absolute Gasteiger partial charge is 0.120 e. The van der Waals surface area contributed by atoms with Crippen LogP contribution in [0.15, 0.2) is 24.3 Å². The fourth-order valence-corrected chi connectivity index (χ4v) is 2.15. The van der Waals surface area contributed by atoms with E-state index in [0.29, 0.717) is 12.5 Å². The van der Waals surface area contributed by atoms with Gasteiger partial charge in [0, 0.05) is 30.8 Å². The molecule has 1 atom stereocenters. The molecular formula is C12H18N2O2. The van der Waals surface area contributed by atoms with Crippen LogP contribution < -0.4 is 15.5 Å². The van der Waals surface area contributed by atoms with E-state index in [-0.39, 0.29) is 0 Å². The van der Waals surface area contributed by atoms with E-state index in [9.17, 15) is 0 Å². The molecular weight excluding hydrogens is 204 g/mol. The Labute approximate surface area is 95.9 Å². The summed E-state index contributed by atoms with van der Waals surface area (Å²) in [5, 5.41) is 0. The first-order chi connectivity index (χ1) is 7.83. The van der Waals surface area contributed by atoms with Gasteiger partial charge < -0.3 is 14.5 Å². The van der Waals surface area contributed by atoms with Crippen LogP contribution in [0.5, 0.6) is 5.75 Å². The highest BCUT2D eigenvalue weighted by Crippen LogP contribution is 2.26. The number of methoxy groups -OCH3 is 1. The van der Waals surface area contributed by atoms with Crippen molar-refractivity contribution in [2.75, 3.05) is 31.7 Å². The molecule has 2 rings (SSSR count). The summed E-state index contributed by atoms with van der Waals surface area (Å²) < 4.78 is 5.22. The first kappa shape index (κ1) is 11.2. The summed E-state index contributed by atoms with van der Waals surface area (Å²) >= 11 is 0. The summed E-state index contributed by atoms with van der Waals surface area (Å²) in [6, 6.07) is 8.14. The van der Waals surface area contributed by atoms with Crippen LogP contribution in [0.2, 0.25) is 0 Å². The molecule has 1 saturated heterocycles. The van der Waals surface area contributed by atoms with Crippen LogP contribution in [0.25, 0.3) is 0 Å². The predicted octanol–water partition coefficient (Wildman–Crippen LogP) is 1.41. The Balaban J connectivity index is 2.02. The number of benzene rings is 1. The molecule has 0 spiro atoms. The molecule has 1 aromatic rings. The van der Waals surface area contributed by atoms with Gasteiger partial charge in [0.1, 0.15) is 5.75 Å². The molecule has 88 valence electrons. The molecule has 1 fully saturated rings. The lowest BCUT2D eigenvalue weighted by Gasteiger charge is -2.19. The molecule has 1 aliphatic rings. The zero-order valence-corrected chi connectivity index (χ0v) is 9.56. The van der Waals surface area contributed by atoms with Crippen molar-refractivity contribution in [3.05, 3.63) is 24.3 Å². The molecule has 0 bridgehead atoms. The van der Waals surface area contributed by atoms with Crippen molar-refractivity contribution in [3.63, 3.8) is 0 Å². The van der Waals surface area contributed by atoms with Crippen molar-refractivity contribution in [2.45, 2.75) is 6.42 Å². The topological polar surface area (TPSA) is 47.7 Å². The number of nitrogens with two attached hydrogens (primary N) is 1. The molecule has 2 N–H and O–H groups in total. The SMILES string of the molecule is COc1cccc(N2CCC(CON)C2)c1. The zero-order valence-electron chi connectivity index (χ0n) is 9.56. The number of hydrogen-bond acceptors (Lipinski definition) is 4. The molecule has 1 heterocycles. The van der Waals surface area contributed by atoms with Gasteiger partial charge in [0.25, 0.3) is 0 Å². The van der Waals surface area contributed by atoms with Gasteiger partial charge in [0.05, 0.1) is 13.7 Å². The van der Waals surface area contributed by atoms with Crippen LogP contribution in [-0.4, -0.2) is 26.8 Å². The Morgan fingerprint density at radius 2 is 2.38 bits per heavy atom. The lowest BCUT2D eigenvalue weighted by molar-refractivity contribution is 0.108. The second kappa shape index (κ2) is 5.18. The molecule has 16 heavy (non-hydrogen) atoms. The van der Waals surface area contributed by atoms with Crippen molar-refractivity contribution in [1.82, 2.24) is 0 Å². The summed E-state index contributed by atoms with van der Waals surface area (Å²) in [6.45, 7) is 2.70. The van der Waals surface area contributed by atoms with Crippen molar-refractivity contribution >= 4 is 5.69 Å². The van der Waals surface area contributed by atoms with E-state index < -0.39 is 0 Å². The molecule has 0 aliphatic carbocycles. The van der Waals surface area contributed by atoms with Crippen molar-refractivity contribution in [1.29, 1.82) is 0 Å². The maximum atomic E-state index is 5.22. The Hall–Kier alpha value is -1.26. The molecule has 4 nitrogen and oxygen atoms in total. The summed E-state index contributed by atoms with van der Waals surface area (Å²) in [4.78, 5) is 7.04. The van der Waals surface area contributed by atoms with Gasteiger partial charge in [0.2, 0.25) is 0 Å². The molecule has 1 aliphatic heterocycles. The van der Waals surface area contributed by atoms with E-state index in [1.807, 2.05) is 12.1 Å². The number of nitrogens with zero attached hydrogens (tertiary/aromatic N) is 1. The standard InChI is InChI=1S/C12H18N2O2/c1-15-12-4-2-3-11(7-12)14-6-5-10(8-14)9-16-13/h2-4,7,10H,5-6,8-9,13H2,1H3. The number of anilines is 1. The Kier molecular flexibility index (Phi) is 3.64. The summed E-state index contributed by atoms with van der Waals surface area (Å²) in [7, 11) is 1.69. The lowest BCUT2D eigenvalue weighted by Crippen LogP contribution is -2.21. The molecule has 0 radical (unpaired) electrons. The minimum atomic E-state index is 0.538. The summed E-state index contributed by atoms with van der Waals surface area (Å²) in [5.74, 6) is 6.54. The second-order valence-corrected chi connectivity index (χ2v) is 4.14. The van der Waals surface area contributed by atoms with Crippen LogP contribution in [0.1, 0.15) is 6.42 Å². The van der Waals surface area contributed by atoms with Crippen LogP contribution in [0, 0.1) is 5.92 Å². The molecule has 1 aromatic carbocycles. The molecule has 0 aromatic heterocycles. The zero-order chi connectivity index (χ0) is 11.4. The normalized spacial score (nSPS) is 20.1. The average molecular weight is 222 g/mol. The first-order valence-corrected chi connectivity index (χ1v) is 5.54. The van der Waals surface area contributed by atoms with Crippen LogP contribution >= 0.6 is 0 Å². The maximum absolute atomic E-state index is 5.22. The highest BCUT2D eigenvalue weighted by atomic mass is 16.6. The largest absolute Gasteiger partial charge is 0.497 e. The third-order valence-electron chi connectivity index (χ3n) is 3.04. The van der Waals surface area contributed by atoms with Gasteiger partial charge >= 0.3 is 0 Å². The van der Waals surface area contributed by atoms with Crippen molar-refractivity contribution in [2.24, 2.45) is 11.8 Å². The summed E-state index contributed by atoms with van der Waals surface area (Å²) in [6.07, 6.45) is 1.13. The third-order valence-corrected chi connectivity index (χ3v) is 3.04. The number of ether oxygens (including phenoxy) is 1. The highest BCUT2D eigenvalue weighted by Gasteiger charge is 2.22. The highest BCUT2D eigenvalue weighted by molar-refractivity contribution is 5.51. The van der Waals surface area contributed by atoms with E-state index >= 15 is 0 Å². The Morgan fingerprint density at radius 1 is 1.50 bits per heavy atom. The number of rotatable bonds is 4. The number of hydrogen-bond donors (Lipinski definition) is 1. The van der Waals surface area contributed by atoms with Crippen LogP contribution in [-0.2, 0) is 4.84 Å². The monoisotopic (exact) mass is 222 g/mol. The van der Waals surface area contributed by atoms with Gasteiger partial charge in [-0.1, -0.05) is 6.07 Å². The van der Waals surface area contributed by atoms with E-state index in [1.54, 1.807) is 7.11 Å². The van der Waals surface area contributed by atoms with E-state index in [4.69, 9.17) is 15.5 Å². The molecule has 1 unspecified atom stereocenters. The van der Waals surface area contributed by atoms with E-state index in [0.717, 1.165) is 25.3 Å². The van der Waals surface area contributed by atoms with Gasteiger partial charge in [-0.15, -0.1) is 0 Å². The predicted molar refractivity (Wildman–Crippen MR) is 63.5 cm³/mol. The Bertz CT molecular complexity index is 344. The minimum absolute atomic E-state index is 0.538. The van der Waals surface area contributed by atoms with Crippen molar-refractivity contribution in [3.8, 4) is 5.75 Å². The van der Waals surface area contributed by atoms with Gasteiger partial charge in [0.15, 0.2) is 0 Å². The maximum Gasteiger partial charge on any atom is 0.120 e. The molecule has 0 amide bonds. The fourth-order valence-electron chi connectivity index (χ4n) is 2.15. The molecule has 4 heteroatoms. The first-order valence-electron chi connectivity index (χ1n) is 5.54. The van der Waals surface area contributed by atoms with Gasteiger partial charge in [-0.25, -0.2) is 5.90 Å². The van der Waals surface area contributed by atoms with Gasteiger partial charge in [-0.3, -0.25) is 0 Å². The fraction of sp³-hybridized carbons (Fsp3) is 0.500. The van der Waals surface area contributed by atoms with Gasteiger partial charge in [-0.2, -0.15) is 0 Å². The third kappa shape index (κ3) is 2.46. The van der Waals surface area contributed by atoms with Crippen LogP contribution in [0.3, 0.4) is 0 Å². The summed E-state index contributed by atoms with van der Waals surface area (Å²) in [5.41, 5.74) is 1.21. The quantitative estimate of drug-likeness (QED) is 0.782. The lowest BCUT2D eigenvalue weighted by atomic mass is 10.1.